The molecule has 1 heterocycles. The molecule has 1 aliphatic heterocycles. The Morgan fingerprint density at radius 2 is 2.12 bits per heavy atom. The van der Waals surface area contributed by atoms with Crippen LogP contribution < -0.4 is 5.32 Å². The zero-order valence-electron chi connectivity index (χ0n) is 9.53. The summed E-state index contributed by atoms with van der Waals surface area (Å²) in [7, 11) is 3.49. The number of nitrogens with one attached hydrogen (secondary N) is 1. The number of anilines is 1. The topological polar surface area (TPSA) is 52.6 Å². The molecular weight excluding hydrogens is 204 g/mol. The third kappa shape index (κ3) is 1.46. The van der Waals surface area contributed by atoms with E-state index in [1.807, 2.05) is 18.2 Å². The molecule has 0 unspecified atom stereocenters. The summed E-state index contributed by atoms with van der Waals surface area (Å²) in [4.78, 5) is 13.5. The van der Waals surface area contributed by atoms with Crippen molar-refractivity contribution in [1.82, 2.24) is 4.90 Å². The molecule has 1 amide bonds. The fourth-order valence-corrected chi connectivity index (χ4v) is 2.17. The van der Waals surface area contributed by atoms with Crippen molar-refractivity contribution in [1.29, 1.82) is 0 Å². The molecule has 1 aromatic rings. The number of carbonyl (C=O) groups excluding carboxylic acids is 1. The number of rotatable bonds is 2. The molecule has 16 heavy (non-hydrogen) atoms. The smallest absolute Gasteiger partial charge is 0.259 e. The van der Waals surface area contributed by atoms with E-state index in [-0.39, 0.29) is 5.91 Å². The van der Waals surface area contributed by atoms with Gasteiger partial charge in [-0.15, -0.1) is 0 Å². The van der Waals surface area contributed by atoms with Gasteiger partial charge in [0.15, 0.2) is 5.60 Å². The van der Waals surface area contributed by atoms with Crippen LogP contribution in [0.15, 0.2) is 24.3 Å². The molecule has 0 aliphatic carbocycles. The number of hydrogen-bond donors (Lipinski definition) is 2. The molecule has 0 radical (unpaired) electrons. The summed E-state index contributed by atoms with van der Waals surface area (Å²) < 4.78 is 0. The van der Waals surface area contributed by atoms with Gasteiger partial charge in [0.1, 0.15) is 0 Å². The molecule has 4 heteroatoms. The Hall–Kier alpha value is -1.55. The van der Waals surface area contributed by atoms with Crippen LogP contribution in [0.2, 0.25) is 0 Å². The Morgan fingerprint density at radius 3 is 2.69 bits per heavy atom. The Balaban J connectivity index is 2.47. The van der Waals surface area contributed by atoms with E-state index in [4.69, 9.17) is 0 Å². The second-order valence-electron chi connectivity index (χ2n) is 4.13. The number of likely N-dealkylation sites (tertiary alicyclic amines) is 1. The van der Waals surface area contributed by atoms with Crippen LogP contribution in [0.3, 0.4) is 0 Å². The van der Waals surface area contributed by atoms with E-state index in [0.29, 0.717) is 18.5 Å². The first-order valence-corrected chi connectivity index (χ1v) is 5.35. The summed E-state index contributed by atoms with van der Waals surface area (Å²) in [5.41, 5.74) is 0.0921. The maximum Gasteiger partial charge on any atom is 0.259 e. The van der Waals surface area contributed by atoms with Crippen molar-refractivity contribution >= 4 is 11.6 Å². The molecule has 0 bridgehead atoms. The normalized spacial score (nSPS) is 24.9. The van der Waals surface area contributed by atoms with Crippen LogP contribution in [-0.4, -0.2) is 36.6 Å². The lowest BCUT2D eigenvalue weighted by molar-refractivity contribution is -0.142. The highest BCUT2D eigenvalue weighted by molar-refractivity contribution is 5.90. The predicted molar refractivity (Wildman–Crippen MR) is 62.1 cm³/mol. The molecule has 0 spiro atoms. The minimum Gasteiger partial charge on any atom is -0.388 e. The van der Waals surface area contributed by atoms with Crippen molar-refractivity contribution in [3.05, 3.63) is 29.8 Å². The molecule has 0 saturated carbocycles. The van der Waals surface area contributed by atoms with Crippen molar-refractivity contribution in [3.63, 3.8) is 0 Å². The van der Waals surface area contributed by atoms with Gasteiger partial charge in [-0.05, 0) is 6.07 Å². The first-order chi connectivity index (χ1) is 7.59. The molecule has 4 nitrogen and oxygen atoms in total. The van der Waals surface area contributed by atoms with E-state index in [9.17, 15) is 9.90 Å². The number of benzene rings is 1. The summed E-state index contributed by atoms with van der Waals surface area (Å²) in [5, 5.41) is 13.5. The fourth-order valence-electron chi connectivity index (χ4n) is 2.17. The summed E-state index contributed by atoms with van der Waals surface area (Å²) in [6, 6.07) is 7.36. The monoisotopic (exact) mass is 220 g/mol. The lowest BCUT2D eigenvalue weighted by Gasteiger charge is -2.23. The average Bonchev–Trinajstić information content (AvgIpc) is 2.58. The zero-order chi connectivity index (χ0) is 11.8. The van der Waals surface area contributed by atoms with Gasteiger partial charge in [-0.2, -0.15) is 0 Å². The summed E-state index contributed by atoms with van der Waals surface area (Å²) >= 11 is 0. The highest BCUT2D eigenvalue weighted by atomic mass is 16.3. The highest BCUT2D eigenvalue weighted by Crippen LogP contribution is 2.36. The zero-order valence-corrected chi connectivity index (χ0v) is 9.53. The number of hydrogen-bond acceptors (Lipinski definition) is 3. The second-order valence-corrected chi connectivity index (χ2v) is 4.13. The van der Waals surface area contributed by atoms with E-state index < -0.39 is 5.60 Å². The van der Waals surface area contributed by atoms with Crippen LogP contribution in [-0.2, 0) is 10.4 Å². The first-order valence-electron chi connectivity index (χ1n) is 5.35. The molecule has 1 atom stereocenters. The van der Waals surface area contributed by atoms with Crippen molar-refractivity contribution in [2.24, 2.45) is 0 Å². The van der Waals surface area contributed by atoms with Gasteiger partial charge in [-0.1, -0.05) is 18.2 Å². The first kappa shape index (κ1) is 11.0. The molecule has 86 valence electrons. The third-order valence-electron chi connectivity index (χ3n) is 3.15. The van der Waals surface area contributed by atoms with Gasteiger partial charge in [-0.25, -0.2) is 0 Å². The number of nitrogens with zero attached hydrogens (tertiary/aromatic N) is 1. The van der Waals surface area contributed by atoms with Crippen LogP contribution >= 0.6 is 0 Å². The quantitative estimate of drug-likeness (QED) is 0.774. The van der Waals surface area contributed by atoms with Gasteiger partial charge in [0.05, 0.1) is 0 Å². The van der Waals surface area contributed by atoms with E-state index in [1.54, 1.807) is 25.1 Å². The number of carbonyl (C=O) groups is 1. The minimum atomic E-state index is -1.37. The van der Waals surface area contributed by atoms with E-state index in [1.165, 1.54) is 0 Å². The molecule has 1 saturated heterocycles. The van der Waals surface area contributed by atoms with Gasteiger partial charge in [0, 0.05) is 38.3 Å². The minimum absolute atomic E-state index is 0.227. The number of para-hydroxylation sites is 1. The maximum absolute atomic E-state index is 11.9. The summed E-state index contributed by atoms with van der Waals surface area (Å²) in [5.74, 6) is -0.227. The van der Waals surface area contributed by atoms with Gasteiger partial charge >= 0.3 is 0 Å². The number of amides is 1. The second kappa shape index (κ2) is 3.79. The van der Waals surface area contributed by atoms with Crippen LogP contribution in [0, 0.1) is 0 Å². The molecule has 1 aromatic carbocycles. The Kier molecular flexibility index (Phi) is 2.59. The summed E-state index contributed by atoms with van der Waals surface area (Å²) in [6.45, 7) is 0.591. The van der Waals surface area contributed by atoms with Crippen molar-refractivity contribution in [2.45, 2.75) is 12.0 Å². The molecule has 2 N–H and O–H groups in total. The van der Waals surface area contributed by atoms with Gasteiger partial charge in [0.25, 0.3) is 5.91 Å². The van der Waals surface area contributed by atoms with E-state index in [2.05, 4.69) is 5.32 Å². The Labute approximate surface area is 94.9 Å². The molecule has 0 aromatic heterocycles. The van der Waals surface area contributed by atoms with E-state index in [0.717, 1.165) is 5.69 Å². The van der Waals surface area contributed by atoms with E-state index >= 15 is 0 Å². The number of aliphatic hydroxyl groups is 1. The third-order valence-corrected chi connectivity index (χ3v) is 3.15. The lowest BCUT2D eigenvalue weighted by Crippen LogP contribution is -2.36. The predicted octanol–water partition coefficient (Wildman–Crippen LogP) is 0.778. The maximum atomic E-state index is 11.9. The van der Waals surface area contributed by atoms with Crippen molar-refractivity contribution < 1.29 is 9.90 Å². The molecule has 2 rings (SSSR count). The Morgan fingerprint density at radius 1 is 1.44 bits per heavy atom. The Bertz CT molecular complexity index is 419. The van der Waals surface area contributed by atoms with Crippen molar-refractivity contribution in [2.75, 3.05) is 26.0 Å². The molecular formula is C12H16N2O2. The summed E-state index contributed by atoms with van der Waals surface area (Å²) in [6.07, 6.45) is 0.445. The average molecular weight is 220 g/mol. The SMILES string of the molecule is CNc1ccccc1[C@@]1(O)CCN(C)C1=O. The highest BCUT2D eigenvalue weighted by Gasteiger charge is 2.46. The molecule has 1 aliphatic rings. The van der Waals surface area contributed by atoms with Gasteiger partial charge < -0.3 is 15.3 Å². The fraction of sp³-hybridized carbons (Fsp3) is 0.417. The van der Waals surface area contributed by atoms with Crippen molar-refractivity contribution in [3.8, 4) is 0 Å². The largest absolute Gasteiger partial charge is 0.388 e. The van der Waals surface area contributed by atoms with Gasteiger partial charge in [-0.3, -0.25) is 4.79 Å². The lowest BCUT2D eigenvalue weighted by atomic mass is 9.91. The standard InChI is InChI=1S/C12H16N2O2/c1-13-10-6-4-3-5-9(10)12(16)7-8-14(2)11(12)15/h3-6,13,16H,7-8H2,1-2H3/t12-/m0/s1. The van der Waals surface area contributed by atoms with Crippen LogP contribution in [0.4, 0.5) is 5.69 Å². The van der Waals surface area contributed by atoms with Crippen LogP contribution in [0.1, 0.15) is 12.0 Å². The number of likely N-dealkylation sites (N-methyl/N-ethyl adjacent to an activating group) is 1. The van der Waals surface area contributed by atoms with Gasteiger partial charge in [0.2, 0.25) is 0 Å². The molecule has 1 fully saturated rings. The van der Waals surface area contributed by atoms with Crippen LogP contribution in [0.5, 0.6) is 0 Å². The van der Waals surface area contributed by atoms with Crippen LogP contribution in [0.25, 0.3) is 0 Å².